The number of benzene rings is 1. The van der Waals surface area contributed by atoms with Crippen molar-refractivity contribution in [1.82, 2.24) is 10.2 Å². The van der Waals surface area contributed by atoms with Gasteiger partial charge >= 0.3 is 12.1 Å². The average molecular weight is 362 g/mol. The zero-order chi connectivity index (χ0) is 19.1. The normalized spacial score (nSPS) is 16.2. The van der Waals surface area contributed by atoms with E-state index in [2.05, 4.69) is 5.32 Å². The summed E-state index contributed by atoms with van der Waals surface area (Å²) in [6.07, 6.45) is 0.603. The zero-order valence-electron chi connectivity index (χ0n) is 15.2. The van der Waals surface area contributed by atoms with Crippen molar-refractivity contribution in [1.29, 1.82) is 0 Å². The van der Waals surface area contributed by atoms with Gasteiger partial charge in [0.25, 0.3) is 0 Å². The summed E-state index contributed by atoms with van der Waals surface area (Å²) in [5.41, 5.74) is 0.920. The number of hydrogen-bond acceptors (Lipinski definition) is 4. The molecule has 26 heavy (non-hydrogen) atoms. The molecule has 0 aromatic heterocycles. The monoisotopic (exact) mass is 362 g/mol. The van der Waals surface area contributed by atoms with E-state index < -0.39 is 18.1 Å². The number of carbonyl (C=O) groups is 3. The van der Waals surface area contributed by atoms with Crippen LogP contribution in [0.5, 0.6) is 0 Å². The lowest BCUT2D eigenvalue weighted by molar-refractivity contribution is -0.144. The first-order valence-corrected chi connectivity index (χ1v) is 8.87. The molecule has 0 bridgehead atoms. The maximum atomic E-state index is 12.3. The number of amides is 2. The molecule has 1 aromatic rings. The van der Waals surface area contributed by atoms with E-state index in [9.17, 15) is 19.5 Å². The molecule has 1 heterocycles. The van der Waals surface area contributed by atoms with Gasteiger partial charge in [-0.15, -0.1) is 0 Å². The fourth-order valence-corrected chi connectivity index (χ4v) is 2.92. The van der Waals surface area contributed by atoms with Crippen molar-refractivity contribution in [3.63, 3.8) is 0 Å². The van der Waals surface area contributed by atoms with Crippen LogP contribution in [0.1, 0.15) is 32.3 Å². The third-order valence-corrected chi connectivity index (χ3v) is 4.56. The van der Waals surface area contributed by atoms with Gasteiger partial charge in [0, 0.05) is 19.0 Å². The van der Waals surface area contributed by atoms with Crippen LogP contribution < -0.4 is 5.32 Å². The maximum absolute atomic E-state index is 12.3. The van der Waals surface area contributed by atoms with Crippen LogP contribution in [0.3, 0.4) is 0 Å². The topological polar surface area (TPSA) is 95.9 Å². The van der Waals surface area contributed by atoms with Gasteiger partial charge in [0.05, 0.1) is 0 Å². The van der Waals surface area contributed by atoms with Crippen LogP contribution in [-0.4, -0.2) is 47.1 Å². The standard InChI is InChI=1S/C19H26N2O5/c1-13(2)16(18(23)24)20-17(22)15-8-10-21(11-9-15)19(25)26-12-14-6-4-3-5-7-14/h3-7,13,15-16H,8-12H2,1-2H3,(H,20,22)(H,23,24). The largest absolute Gasteiger partial charge is 0.480 e. The Labute approximate surface area is 153 Å². The third kappa shape index (κ3) is 5.47. The first-order chi connectivity index (χ1) is 12.4. The van der Waals surface area contributed by atoms with Crippen LogP contribution in [-0.2, 0) is 20.9 Å². The molecule has 0 aliphatic carbocycles. The molecule has 1 aliphatic rings. The minimum Gasteiger partial charge on any atom is -0.480 e. The second-order valence-corrected chi connectivity index (χ2v) is 6.87. The molecule has 1 aromatic carbocycles. The van der Waals surface area contributed by atoms with Crippen molar-refractivity contribution in [3.8, 4) is 0 Å². The second-order valence-electron chi connectivity index (χ2n) is 6.87. The predicted octanol–water partition coefficient (Wildman–Crippen LogP) is 2.26. The molecule has 1 atom stereocenters. The van der Waals surface area contributed by atoms with Crippen molar-refractivity contribution in [2.75, 3.05) is 13.1 Å². The minimum absolute atomic E-state index is 0.190. The van der Waals surface area contributed by atoms with E-state index in [0.717, 1.165) is 5.56 Å². The molecule has 7 heteroatoms. The summed E-state index contributed by atoms with van der Waals surface area (Å²) in [5, 5.41) is 11.8. The Balaban J connectivity index is 1.78. The summed E-state index contributed by atoms with van der Waals surface area (Å²) in [6.45, 7) is 4.57. The molecule has 0 spiro atoms. The first kappa shape index (κ1) is 19.8. The van der Waals surface area contributed by atoms with Gasteiger partial charge in [0.1, 0.15) is 12.6 Å². The highest BCUT2D eigenvalue weighted by Gasteiger charge is 2.31. The van der Waals surface area contributed by atoms with Gasteiger partial charge in [-0.1, -0.05) is 44.2 Å². The number of piperidine rings is 1. The average Bonchev–Trinajstić information content (AvgIpc) is 2.64. The Hall–Kier alpha value is -2.57. The number of carbonyl (C=O) groups excluding carboxylic acids is 2. The summed E-state index contributed by atoms with van der Waals surface area (Å²) >= 11 is 0. The van der Waals surface area contributed by atoms with Crippen molar-refractivity contribution < 1.29 is 24.2 Å². The zero-order valence-corrected chi connectivity index (χ0v) is 15.2. The van der Waals surface area contributed by atoms with Gasteiger partial charge in [-0.2, -0.15) is 0 Å². The highest BCUT2D eigenvalue weighted by molar-refractivity contribution is 5.85. The molecule has 142 valence electrons. The van der Waals surface area contributed by atoms with Gasteiger partial charge in [-0.3, -0.25) is 4.79 Å². The van der Waals surface area contributed by atoms with Gasteiger partial charge in [-0.05, 0) is 24.3 Å². The summed E-state index contributed by atoms with van der Waals surface area (Å²) in [6, 6.07) is 8.55. The van der Waals surface area contributed by atoms with Gasteiger partial charge in [0.15, 0.2) is 0 Å². The molecule has 0 radical (unpaired) electrons. The van der Waals surface area contributed by atoms with E-state index in [0.29, 0.717) is 25.9 Å². The van der Waals surface area contributed by atoms with Crippen molar-refractivity contribution in [2.24, 2.45) is 11.8 Å². The summed E-state index contributed by atoms with van der Waals surface area (Å²) < 4.78 is 5.30. The van der Waals surface area contributed by atoms with Crippen LogP contribution in [0, 0.1) is 11.8 Å². The fourth-order valence-electron chi connectivity index (χ4n) is 2.92. The molecular weight excluding hydrogens is 336 g/mol. The molecular formula is C19H26N2O5. The Morgan fingerprint density at radius 2 is 1.81 bits per heavy atom. The molecule has 1 fully saturated rings. The number of aliphatic carboxylic acids is 1. The predicted molar refractivity (Wildman–Crippen MR) is 95.3 cm³/mol. The lowest BCUT2D eigenvalue weighted by Crippen LogP contribution is -2.49. The van der Waals surface area contributed by atoms with E-state index in [4.69, 9.17) is 4.74 Å². The number of nitrogens with zero attached hydrogens (tertiary/aromatic N) is 1. The van der Waals surface area contributed by atoms with E-state index >= 15 is 0 Å². The van der Waals surface area contributed by atoms with E-state index in [1.54, 1.807) is 18.7 Å². The summed E-state index contributed by atoms with van der Waals surface area (Å²) in [5.74, 6) is -1.77. The molecule has 7 nitrogen and oxygen atoms in total. The number of rotatable bonds is 6. The van der Waals surface area contributed by atoms with Crippen LogP contribution in [0.15, 0.2) is 30.3 Å². The lowest BCUT2D eigenvalue weighted by atomic mass is 9.95. The molecule has 0 saturated carbocycles. The number of likely N-dealkylation sites (tertiary alicyclic amines) is 1. The maximum Gasteiger partial charge on any atom is 0.410 e. The molecule has 2 rings (SSSR count). The molecule has 1 saturated heterocycles. The first-order valence-electron chi connectivity index (χ1n) is 8.87. The number of carboxylic acid groups (broad SMARTS) is 1. The van der Waals surface area contributed by atoms with Crippen LogP contribution in [0.2, 0.25) is 0 Å². The van der Waals surface area contributed by atoms with Crippen LogP contribution in [0.4, 0.5) is 4.79 Å². The number of ether oxygens (including phenoxy) is 1. The Bertz CT molecular complexity index is 624. The third-order valence-electron chi connectivity index (χ3n) is 4.56. The fraction of sp³-hybridized carbons (Fsp3) is 0.526. The Morgan fingerprint density at radius 1 is 1.19 bits per heavy atom. The molecule has 2 N–H and O–H groups in total. The molecule has 1 aliphatic heterocycles. The number of nitrogens with one attached hydrogen (secondary N) is 1. The van der Waals surface area contributed by atoms with Crippen molar-refractivity contribution >= 4 is 18.0 Å². The van der Waals surface area contributed by atoms with Crippen LogP contribution in [0.25, 0.3) is 0 Å². The van der Waals surface area contributed by atoms with Gasteiger partial charge in [0.2, 0.25) is 5.91 Å². The van der Waals surface area contributed by atoms with E-state index in [1.165, 1.54) is 0 Å². The second kappa shape index (κ2) is 9.22. The van der Waals surface area contributed by atoms with E-state index in [-0.39, 0.29) is 24.3 Å². The lowest BCUT2D eigenvalue weighted by Gasteiger charge is -2.31. The Morgan fingerprint density at radius 3 is 2.35 bits per heavy atom. The van der Waals surface area contributed by atoms with Crippen molar-refractivity contribution in [2.45, 2.75) is 39.3 Å². The summed E-state index contributed by atoms with van der Waals surface area (Å²) in [7, 11) is 0. The SMILES string of the molecule is CC(C)C(NC(=O)C1CCN(C(=O)OCc2ccccc2)CC1)C(=O)O. The highest BCUT2D eigenvalue weighted by Crippen LogP contribution is 2.19. The molecule has 1 unspecified atom stereocenters. The highest BCUT2D eigenvalue weighted by atomic mass is 16.6. The van der Waals surface area contributed by atoms with E-state index in [1.807, 2.05) is 30.3 Å². The molecule has 2 amide bonds. The summed E-state index contributed by atoms with van der Waals surface area (Å²) in [4.78, 5) is 37.2. The smallest absolute Gasteiger partial charge is 0.410 e. The number of carboxylic acids is 1. The van der Waals surface area contributed by atoms with Gasteiger partial charge in [-0.25, -0.2) is 9.59 Å². The van der Waals surface area contributed by atoms with Gasteiger partial charge < -0.3 is 20.1 Å². The number of hydrogen-bond donors (Lipinski definition) is 2. The quantitative estimate of drug-likeness (QED) is 0.809. The van der Waals surface area contributed by atoms with Crippen molar-refractivity contribution in [3.05, 3.63) is 35.9 Å². The Kier molecular flexibility index (Phi) is 7.00. The van der Waals surface area contributed by atoms with Crippen LogP contribution >= 0.6 is 0 Å². The minimum atomic E-state index is -1.03.